The number of aryl methyl sites for hydroxylation is 1. The molecule has 2 heterocycles. The van der Waals surface area contributed by atoms with Crippen LogP contribution in [0.25, 0.3) is 16.7 Å². The number of likely N-dealkylation sites (tertiary alicyclic amines) is 1. The van der Waals surface area contributed by atoms with Gasteiger partial charge in [0.05, 0.1) is 5.57 Å². The first-order chi connectivity index (χ1) is 17.4. The van der Waals surface area contributed by atoms with Crippen LogP contribution in [0.3, 0.4) is 0 Å². The first-order valence-electron chi connectivity index (χ1n) is 12.5. The number of hydrogen-bond donors (Lipinski definition) is 1. The summed E-state index contributed by atoms with van der Waals surface area (Å²) in [6, 6.07) is 26.9. The van der Waals surface area contributed by atoms with E-state index in [-0.39, 0.29) is 5.97 Å². The van der Waals surface area contributed by atoms with Crippen LogP contribution < -0.4 is 5.32 Å². The summed E-state index contributed by atoms with van der Waals surface area (Å²) in [5.41, 5.74) is 6.71. The molecule has 1 spiro atoms. The van der Waals surface area contributed by atoms with Crippen LogP contribution >= 0.6 is 9.24 Å². The Hall–Kier alpha value is -3.20. The van der Waals surface area contributed by atoms with Gasteiger partial charge in [-0.05, 0) is 54.1 Å². The molecule has 0 amide bonds. The van der Waals surface area contributed by atoms with Crippen LogP contribution in [0.4, 0.5) is 0 Å². The molecule has 1 N–H and O–H groups in total. The number of esters is 1. The molecule has 5 heteroatoms. The highest BCUT2D eigenvalue weighted by Gasteiger charge is 2.48. The predicted molar refractivity (Wildman–Crippen MR) is 150 cm³/mol. The van der Waals surface area contributed by atoms with E-state index in [1.54, 1.807) is 0 Å². The number of carbonyl (C=O) groups is 1. The van der Waals surface area contributed by atoms with Crippen molar-refractivity contribution in [3.05, 3.63) is 113 Å². The SMILES string of the molecule is C=C(CN1CCCC2(C1)OC(=O)C(c1ccc(-c3ccccc3)c(C)c1)=C2P)NCc1ccccc1. The smallest absolute Gasteiger partial charge is 0.340 e. The number of benzene rings is 3. The zero-order valence-electron chi connectivity index (χ0n) is 20.8. The number of rotatable bonds is 7. The molecule has 3 aromatic carbocycles. The largest absolute Gasteiger partial charge is 0.449 e. The van der Waals surface area contributed by atoms with Gasteiger partial charge < -0.3 is 10.1 Å². The quantitative estimate of drug-likeness (QED) is 0.325. The molecule has 0 saturated carbocycles. The summed E-state index contributed by atoms with van der Waals surface area (Å²) in [4.78, 5) is 15.5. The third-order valence-corrected chi connectivity index (χ3v) is 8.00. The highest BCUT2D eigenvalue weighted by atomic mass is 31.0. The van der Waals surface area contributed by atoms with E-state index in [1.165, 1.54) is 16.7 Å². The van der Waals surface area contributed by atoms with Gasteiger partial charge in [0.25, 0.3) is 0 Å². The Bertz CT molecular complexity index is 1300. The van der Waals surface area contributed by atoms with Crippen LogP contribution in [-0.4, -0.2) is 36.1 Å². The number of hydrogen-bond acceptors (Lipinski definition) is 4. The molecular weight excluding hydrogens is 463 g/mol. The molecule has 0 radical (unpaired) electrons. The van der Waals surface area contributed by atoms with Gasteiger partial charge in [-0.3, -0.25) is 4.90 Å². The molecule has 3 aromatic rings. The van der Waals surface area contributed by atoms with Gasteiger partial charge >= 0.3 is 5.97 Å². The molecule has 1 fully saturated rings. The lowest BCUT2D eigenvalue weighted by molar-refractivity contribution is -0.148. The van der Waals surface area contributed by atoms with Gasteiger partial charge in [-0.25, -0.2) is 4.79 Å². The van der Waals surface area contributed by atoms with Crippen molar-refractivity contribution in [3.63, 3.8) is 0 Å². The van der Waals surface area contributed by atoms with E-state index in [0.717, 1.165) is 54.6 Å². The van der Waals surface area contributed by atoms with E-state index in [1.807, 2.05) is 42.5 Å². The number of nitrogens with zero attached hydrogens (tertiary/aromatic N) is 1. The number of nitrogens with one attached hydrogen (secondary N) is 1. The Kier molecular flexibility index (Phi) is 7.09. The van der Waals surface area contributed by atoms with Crippen LogP contribution in [0, 0.1) is 6.92 Å². The van der Waals surface area contributed by atoms with Gasteiger partial charge in [0.2, 0.25) is 0 Å². The summed E-state index contributed by atoms with van der Waals surface area (Å²) in [5.74, 6) is -0.227. The molecule has 1 saturated heterocycles. The maximum Gasteiger partial charge on any atom is 0.340 e. The maximum absolute atomic E-state index is 13.2. The molecule has 0 bridgehead atoms. The van der Waals surface area contributed by atoms with Gasteiger partial charge in [0.1, 0.15) is 0 Å². The monoisotopic (exact) mass is 496 g/mol. The van der Waals surface area contributed by atoms with Gasteiger partial charge in [0, 0.05) is 30.6 Å². The Balaban J connectivity index is 1.31. The molecule has 2 unspecified atom stereocenters. The topological polar surface area (TPSA) is 41.6 Å². The van der Waals surface area contributed by atoms with Crippen molar-refractivity contribution in [2.75, 3.05) is 19.6 Å². The molecule has 36 heavy (non-hydrogen) atoms. The maximum atomic E-state index is 13.2. The second-order valence-corrected chi connectivity index (χ2v) is 10.4. The summed E-state index contributed by atoms with van der Waals surface area (Å²) in [6.07, 6.45) is 1.80. The van der Waals surface area contributed by atoms with E-state index >= 15 is 0 Å². The zero-order valence-corrected chi connectivity index (χ0v) is 22.0. The van der Waals surface area contributed by atoms with Gasteiger partial charge in [-0.1, -0.05) is 85.4 Å². The normalized spacial score (nSPS) is 20.0. The molecule has 2 atom stereocenters. The van der Waals surface area contributed by atoms with Crippen molar-refractivity contribution in [2.24, 2.45) is 0 Å². The second-order valence-electron chi connectivity index (χ2n) is 9.83. The summed E-state index contributed by atoms with van der Waals surface area (Å²) in [6.45, 7) is 9.46. The highest BCUT2D eigenvalue weighted by molar-refractivity contribution is 7.23. The first kappa shape index (κ1) is 24.5. The van der Waals surface area contributed by atoms with Gasteiger partial charge in [0.15, 0.2) is 5.60 Å². The fourth-order valence-corrected chi connectivity index (χ4v) is 5.93. The van der Waals surface area contributed by atoms with Crippen LogP contribution in [0.15, 0.2) is 96.5 Å². The molecule has 2 aliphatic heterocycles. The third kappa shape index (κ3) is 5.02. The van der Waals surface area contributed by atoms with Crippen molar-refractivity contribution >= 4 is 20.8 Å². The van der Waals surface area contributed by atoms with Gasteiger partial charge in [-0.15, -0.1) is 9.24 Å². The van der Waals surface area contributed by atoms with Crippen molar-refractivity contribution in [2.45, 2.75) is 31.9 Å². The van der Waals surface area contributed by atoms with Gasteiger partial charge in [-0.2, -0.15) is 0 Å². The van der Waals surface area contributed by atoms with Crippen molar-refractivity contribution < 1.29 is 9.53 Å². The lowest BCUT2D eigenvalue weighted by Gasteiger charge is -2.40. The van der Waals surface area contributed by atoms with E-state index in [2.05, 4.69) is 69.4 Å². The summed E-state index contributed by atoms with van der Waals surface area (Å²) in [7, 11) is 2.85. The number of ether oxygens (including phenoxy) is 1. The summed E-state index contributed by atoms with van der Waals surface area (Å²) in [5, 5.41) is 4.41. The summed E-state index contributed by atoms with van der Waals surface area (Å²) < 4.78 is 6.14. The molecule has 0 aliphatic carbocycles. The first-order valence-corrected chi connectivity index (χ1v) is 13.1. The fraction of sp³-hybridized carbons (Fsp3) is 0.258. The minimum atomic E-state index is -0.596. The fourth-order valence-electron chi connectivity index (χ4n) is 5.35. The average molecular weight is 497 g/mol. The predicted octanol–water partition coefficient (Wildman–Crippen LogP) is 5.94. The van der Waals surface area contributed by atoms with Crippen LogP contribution in [0.5, 0.6) is 0 Å². The van der Waals surface area contributed by atoms with E-state index in [9.17, 15) is 4.79 Å². The Morgan fingerprint density at radius 2 is 1.78 bits per heavy atom. The van der Waals surface area contributed by atoms with Crippen LogP contribution in [0.1, 0.15) is 29.5 Å². The minimum absolute atomic E-state index is 0.227. The lowest BCUT2D eigenvalue weighted by atomic mass is 9.89. The minimum Gasteiger partial charge on any atom is -0.449 e. The standard InChI is InChI=1S/C31H33N2O2P/c1-22-18-26(14-15-27(22)25-12-7-4-8-13-25)28-29(36)31(35-30(28)34)16-9-17-33(21-31)20-23(2)32-19-24-10-5-3-6-11-24/h3-8,10-15,18,32H,2,9,16-17,19-21,36H2,1H3. The molecule has 5 rings (SSSR count). The Labute approximate surface area is 216 Å². The third-order valence-electron chi connectivity index (χ3n) is 7.19. The van der Waals surface area contributed by atoms with E-state index in [4.69, 9.17) is 4.74 Å². The second kappa shape index (κ2) is 10.4. The Morgan fingerprint density at radius 3 is 2.50 bits per heavy atom. The molecule has 2 aliphatic rings. The van der Waals surface area contributed by atoms with Crippen molar-refractivity contribution in [1.82, 2.24) is 10.2 Å². The van der Waals surface area contributed by atoms with Crippen molar-refractivity contribution in [3.8, 4) is 11.1 Å². The average Bonchev–Trinajstić information content (AvgIpc) is 3.12. The van der Waals surface area contributed by atoms with Crippen molar-refractivity contribution in [1.29, 1.82) is 0 Å². The Morgan fingerprint density at radius 1 is 1.06 bits per heavy atom. The van der Waals surface area contributed by atoms with Crippen LogP contribution in [0.2, 0.25) is 0 Å². The van der Waals surface area contributed by atoms with E-state index < -0.39 is 5.60 Å². The molecular formula is C31H33N2O2P. The number of piperidine rings is 1. The van der Waals surface area contributed by atoms with E-state index in [0.29, 0.717) is 12.1 Å². The summed E-state index contributed by atoms with van der Waals surface area (Å²) >= 11 is 0. The zero-order chi connectivity index (χ0) is 25.1. The molecule has 184 valence electrons. The highest BCUT2D eigenvalue weighted by Crippen LogP contribution is 2.46. The molecule has 0 aromatic heterocycles. The van der Waals surface area contributed by atoms with Crippen LogP contribution in [-0.2, 0) is 16.1 Å². The number of carbonyl (C=O) groups excluding carboxylic acids is 1. The lowest BCUT2D eigenvalue weighted by Crippen LogP contribution is -2.49. The molecule has 4 nitrogen and oxygen atoms in total.